The third-order valence-electron chi connectivity index (χ3n) is 1.49. The van der Waals surface area contributed by atoms with Gasteiger partial charge in [-0.25, -0.2) is 0 Å². The highest BCUT2D eigenvalue weighted by Gasteiger charge is 2.32. The van der Waals surface area contributed by atoms with Crippen molar-refractivity contribution in [3.8, 4) is 0 Å². The average Bonchev–Trinajstić information content (AvgIpc) is 2.03. The lowest BCUT2D eigenvalue weighted by molar-refractivity contribution is -0.138. The third-order valence-corrected chi connectivity index (χ3v) is 3.31. The summed E-state index contributed by atoms with van der Waals surface area (Å²) >= 11 is 3.74. The molecule has 0 N–H and O–H groups in total. The normalized spacial score (nSPS) is 11.8. The molecule has 72 valence electrons. The van der Waals surface area contributed by atoms with Crippen LogP contribution in [0.5, 0.6) is 0 Å². The van der Waals surface area contributed by atoms with E-state index in [1.807, 2.05) is 22.6 Å². The Bertz CT molecular complexity index is 307. The predicted octanol–water partition coefficient (Wildman–Crippen LogP) is 4.25. The molecule has 1 aromatic carbocycles. The van der Waals surface area contributed by atoms with E-state index in [2.05, 4.69) is 0 Å². The third kappa shape index (κ3) is 2.97. The quantitative estimate of drug-likeness (QED) is 0.479. The van der Waals surface area contributed by atoms with Crippen LogP contribution in [0.25, 0.3) is 0 Å². The van der Waals surface area contributed by atoms with Crippen LogP contribution in [-0.2, 0) is 10.6 Å². The minimum atomic E-state index is -4.24. The summed E-state index contributed by atoms with van der Waals surface area (Å²) in [6, 6.07) is 4.41. The van der Waals surface area contributed by atoms with Crippen LogP contribution >= 0.6 is 45.2 Å². The van der Waals surface area contributed by atoms with Gasteiger partial charge in [0.15, 0.2) is 0 Å². The van der Waals surface area contributed by atoms with E-state index in [9.17, 15) is 13.2 Å². The SMILES string of the molecule is FC(F)(F)c1cc(CI)ccc1I. The van der Waals surface area contributed by atoms with Crippen molar-refractivity contribution in [2.75, 3.05) is 0 Å². The zero-order chi connectivity index (χ0) is 10.1. The lowest BCUT2D eigenvalue weighted by atomic mass is 10.1. The first-order valence-electron chi connectivity index (χ1n) is 3.36. The van der Waals surface area contributed by atoms with Crippen LogP contribution in [0.4, 0.5) is 13.2 Å². The summed E-state index contributed by atoms with van der Waals surface area (Å²) in [6.07, 6.45) is -4.24. The molecule has 1 rings (SSSR count). The number of hydrogen-bond donors (Lipinski definition) is 0. The van der Waals surface area contributed by atoms with Gasteiger partial charge in [0.2, 0.25) is 0 Å². The second kappa shape index (κ2) is 4.33. The van der Waals surface area contributed by atoms with Crippen molar-refractivity contribution in [2.24, 2.45) is 0 Å². The molecule has 0 amide bonds. The Labute approximate surface area is 101 Å². The summed E-state index contributed by atoms with van der Waals surface area (Å²) in [6.45, 7) is 0. The first-order valence-corrected chi connectivity index (χ1v) is 5.97. The van der Waals surface area contributed by atoms with Crippen LogP contribution in [-0.4, -0.2) is 0 Å². The topological polar surface area (TPSA) is 0 Å². The van der Waals surface area contributed by atoms with E-state index in [0.717, 1.165) is 0 Å². The van der Waals surface area contributed by atoms with Crippen molar-refractivity contribution < 1.29 is 13.2 Å². The minimum absolute atomic E-state index is 0.249. The molecule has 0 bridgehead atoms. The Morgan fingerprint density at radius 3 is 2.31 bits per heavy atom. The summed E-state index contributed by atoms with van der Waals surface area (Å²) in [4.78, 5) is 0. The molecule has 0 radical (unpaired) electrons. The van der Waals surface area contributed by atoms with Gasteiger partial charge >= 0.3 is 6.18 Å². The summed E-state index contributed by atoms with van der Waals surface area (Å²) < 4.78 is 37.9. The maximum absolute atomic E-state index is 12.4. The van der Waals surface area contributed by atoms with Gasteiger partial charge in [0.1, 0.15) is 0 Å². The molecule has 0 heterocycles. The van der Waals surface area contributed by atoms with E-state index in [1.165, 1.54) is 12.1 Å². The molecule has 0 aliphatic carbocycles. The van der Waals surface area contributed by atoms with Gasteiger partial charge in [-0.05, 0) is 40.3 Å². The predicted molar refractivity (Wildman–Crippen MR) is 61.9 cm³/mol. The summed E-state index contributed by atoms with van der Waals surface area (Å²) in [5.41, 5.74) is 0.163. The van der Waals surface area contributed by atoms with E-state index in [0.29, 0.717) is 9.99 Å². The molecule has 0 nitrogen and oxygen atoms in total. The van der Waals surface area contributed by atoms with Crippen LogP contribution in [0.15, 0.2) is 18.2 Å². The first-order chi connectivity index (χ1) is 5.95. The molecule has 0 spiro atoms. The lowest BCUT2D eigenvalue weighted by Crippen LogP contribution is -2.07. The van der Waals surface area contributed by atoms with Gasteiger partial charge < -0.3 is 0 Å². The van der Waals surface area contributed by atoms with E-state index in [-0.39, 0.29) is 3.57 Å². The standard InChI is InChI=1S/C8H5F3I2/c9-8(10,11)6-3-5(4-12)1-2-7(6)13/h1-3H,4H2. The van der Waals surface area contributed by atoms with Crippen LogP contribution in [0.2, 0.25) is 0 Å². The molecular formula is C8H5F3I2. The van der Waals surface area contributed by atoms with Gasteiger partial charge in [-0.15, -0.1) is 0 Å². The summed E-state index contributed by atoms with van der Waals surface area (Å²) in [5.74, 6) is 0. The first kappa shape index (κ1) is 11.5. The largest absolute Gasteiger partial charge is 0.417 e. The van der Waals surface area contributed by atoms with Crippen molar-refractivity contribution in [3.63, 3.8) is 0 Å². The summed E-state index contributed by atoms with van der Waals surface area (Å²) in [7, 11) is 0. The van der Waals surface area contributed by atoms with E-state index in [1.54, 1.807) is 28.7 Å². The Balaban J connectivity index is 3.19. The van der Waals surface area contributed by atoms with Crippen molar-refractivity contribution >= 4 is 45.2 Å². The fraction of sp³-hybridized carbons (Fsp3) is 0.250. The Morgan fingerprint density at radius 1 is 1.23 bits per heavy atom. The maximum atomic E-state index is 12.4. The van der Waals surface area contributed by atoms with Gasteiger partial charge in [0, 0.05) is 8.00 Å². The number of hydrogen-bond acceptors (Lipinski definition) is 0. The Morgan fingerprint density at radius 2 is 1.85 bits per heavy atom. The molecule has 0 unspecified atom stereocenters. The molecular weight excluding hydrogens is 407 g/mol. The summed E-state index contributed by atoms with van der Waals surface area (Å²) in [5, 5.41) is 0. The maximum Gasteiger partial charge on any atom is 0.417 e. The second-order valence-corrected chi connectivity index (χ2v) is 4.37. The fourth-order valence-corrected chi connectivity index (χ4v) is 1.99. The number of alkyl halides is 4. The lowest BCUT2D eigenvalue weighted by Gasteiger charge is -2.09. The second-order valence-electron chi connectivity index (χ2n) is 2.45. The van der Waals surface area contributed by atoms with Crippen molar-refractivity contribution in [2.45, 2.75) is 10.6 Å². The Kier molecular flexibility index (Phi) is 3.84. The van der Waals surface area contributed by atoms with Crippen LogP contribution in [0.1, 0.15) is 11.1 Å². The monoisotopic (exact) mass is 412 g/mol. The molecule has 0 saturated heterocycles. The zero-order valence-corrected chi connectivity index (χ0v) is 10.6. The van der Waals surface area contributed by atoms with Gasteiger partial charge in [-0.2, -0.15) is 13.2 Å². The van der Waals surface area contributed by atoms with Gasteiger partial charge in [-0.3, -0.25) is 0 Å². The van der Waals surface area contributed by atoms with Crippen molar-refractivity contribution in [1.82, 2.24) is 0 Å². The highest BCUT2D eigenvalue weighted by Crippen LogP contribution is 2.33. The molecule has 13 heavy (non-hydrogen) atoms. The number of benzene rings is 1. The van der Waals surface area contributed by atoms with Crippen LogP contribution in [0, 0.1) is 3.57 Å². The van der Waals surface area contributed by atoms with Gasteiger partial charge in [0.05, 0.1) is 5.56 Å². The molecule has 0 atom stereocenters. The highest BCUT2D eigenvalue weighted by atomic mass is 127. The molecule has 5 heteroatoms. The van der Waals surface area contributed by atoms with E-state index in [4.69, 9.17) is 0 Å². The van der Waals surface area contributed by atoms with Crippen LogP contribution < -0.4 is 0 Å². The molecule has 0 aliphatic rings. The van der Waals surface area contributed by atoms with E-state index < -0.39 is 11.7 Å². The minimum Gasteiger partial charge on any atom is -0.166 e. The number of halogens is 5. The van der Waals surface area contributed by atoms with Gasteiger partial charge in [0.25, 0.3) is 0 Å². The molecule has 0 saturated carbocycles. The average molecular weight is 412 g/mol. The molecule has 1 aromatic rings. The molecule has 0 fully saturated rings. The van der Waals surface area contributed by atoms with Crippen molar-refractivity contribution in [3.05, 3.63) is 32.9 Å². The molecule has 0 aliphatic heterocycles. The van der Waals surface area contributed by atoms with Gasteiger partial charge in [-0.1, -0.05) is 28.7 Å². The molecule has 0 aromatic heterocycles. The Hall–Kier alpha value is 0.470. The smallest absolute Gasteiger partial charge is 0.166 e. The highest BCUT2D eigenvalue weighted by molar-refractivity contribution is 14.1. The van der Waals surface area contributed by atoms with Crippen LogP contribution in [0.3, 0.4) is 0 Å². The zero-order valence-electron chi connectivity index (χ0n) is 6.33. The number of rotatable bonds is 1. The fourth-order valence-electron chi connectivity index (χ4n) is 0.873. The van der Waals surface area contributed by atoms with Crippen molar-refractivity contribution in [1.29, 1.82) is 0 Å². The van der Waals surface area contributed by atoms with E-state index >= 15 is 0 Å².